The maximum absolute atomic E-state index is 2.93. The number of rotatable bonds is 9. The summed E-state index contributed by atoms with van der Waals surface area (Å²) in [5, 5.41) is 5.74. The minimum atomic E-state index is 0.852. The van der Waals surface area contributed by atoms with Crippen LogP contribution >= 0.6 is 0 Å². The highest BCUT2D eigenvalue weighted by molar-refractivity contribution is 4.83. The third-order valence-corrected chi connectivity index (χ3v) is 5.76. The van der Waals surface area contributed by atoms with Gasteiger partial charge in [-0.3, -0.25) is 0 Å². The van der Waals surface area contributed by atoms with Crippen LogP contribution in [0.25, 0.3) is 0 Å². The second-order valence-electron chi connectivity index (χ2n) is 7.62. The molecule has 0 radical (unpaired) electrons. The van der Waals surface area contributed by atoms with Gasteiger partial charge >= 0.3 is 0 Å². The van der Waals surface area contributed by atoms with Crippen LogP contribution in [-0.2, 0) is 0 Å². The van der Waals surface area contributed by atoms with E-state index in [1.165, 1.54) is 103 Å². The van der Waals surface area contributed by atoms with Crippen molar-refractivity contribution in [3.05, 3.63) is 0 Å². The summed E-state index contributed by atoms with van der Waals surface area (Å²) >= 11 is 0. The number of hydrazine groups is 1. The van der Waals surface area contributed by atoms with Crippen molar-refractivity contribution in [2.24, 2.45) is 0 Å². The summed E-state index contributed by atoms with van der Waals surface area (Å²) in [5.74, 6) is 0. The lowest BCUT2D eigenvalue weighted by molar-refractivity contribution is -0.113. The molecule has 0 aliphatic heterocycles. The summed E-state index contributed by atoms with van der Waals surface area (Å²) in [6.07, 6.45) is 20.0. The molecule has 0 unspecified atom stereocenters. The quantitative estimate of drug-likeness (QED) is 0.499. The molecule has 2 heteroatoms. The van der Waals surface area contributed by atoms with E-state index in [0.717, 1.165) is 12.1 Å². The van der Waals surface area contributed by atoms with Crippen molar-refractivity contribution in [1.29, 1.82) is 0 Å². The Hall–Kier alpha value is -0.0800. The second-order valence-corrected chi connectivity index (χ2v) is 7.62. The standard InChI is InChI=1S/C20H40N2/c1-3-5-17-21(18-6-4-2)22(19-13-9-7-10-14-19)20-15-11-8-12-16-20/h19-20H,3-18H2,1-2H3. The van der Waals surface area contributed by atoms with Gasteiger partial charge in [0.2, 0.25) is 0 Å². The second kappa shape index (κ2) is 10.6. The van der Waals surface area contributed by atoms with Crippen LogP contribution in [0.5, 0.6) is 0 Å². The zero-order valence-corrected chi connectivity index (χ0v) is 15.4. The third-order valence-electron chi connectivity index (χ3n) is 5.76. The third kappa shape index (κ3) is 5.53. The van der Waals surface area contributed by atoms with Crippen molar-refractivity contribution in [2.75, 3.05) is 13.1 Å². The van der Waals surface area contributed by atoms with Gasteiger partial charge in [-0.2, -0.15) is 0 Å². The lowest BCUT2D eigenvalue weighted by Gasteiger charge is -2.48. The van der Waals surface area contributed by atoms with Crippen molar-refractivity contribution in [2.45, 2.75) is 116 Å². The van der Waals surface area contributed by atoms with E-state index in [0.29, 0.717) is 0 Å². The van der Waals surface area contributed by atoms with Gasteiger partial charge in [0, 0.05) is 25.2 Å². The first-order valence-electron chi connectivity index (χ1n) is 10.4. The van der Waals surface area contributed by atoms with Crippen LogP contribution in [0.4, 0.5) is 0 Å². The topological polar surface area (TPSA) is 6.48 Å². The van der Waals surface area contributed by atoms with Crippen LogP contribution < -0.4 is 0 Å². The van der Waals surface area contributed by atoms with Crippen LogP contribution in [-0.4, -0.2) is 35.2 Å². The molecule has 0 N–H and O–H groups in total. The maximum atomic E-state index is 2.93. The van der Waals surface area contributed by atoms with Gasteiger partial charge in [0.1, 0.15) is 0 Å². The van der Waals surface area contributed by atoms with Gasteiger partial charge in [0.25, 0.3) is 0 Å². The number of nitrogens with zero attached hydrogens (tertiary/aromatic N) is 2. The Labute approximate surface area is 139 Å². The molecule has 130 valence electrons. The van der Waals surface area contributed by atoms with E-state index < -0.39 is 0 Å². The van der Waals surface area contributed by atoms with E-state index in [1.807, 2.05) is 0 Å². The molecule has 0 saturated heterocycles. The van der Waals surface area contributed by atoms with Gasteiger partial charge < -0.3 is 0 Å². The van der Waals surface area contributed by atoms with Crippen molar-refractivity contribution in [3.8, 4) is 0 Å². The summed E-state index contributed by atoms with van der Waals surface area (Å²) in [4.78, 5) is 0. The van der Waals surface area contributed by atoms with Crippen molar-refractivity contribution < 1.29 is 0 Å². The highest BCUT2D eigenvalue weighted by atomic mass is 15.6. The van der Waals surface area contributed by atoms with Crippen molar-refractivity contribution >= 4 is 0 Å². The molecule has 22 heavy (non-hydrogen) atoms. The molecule has 2 rings (SSSR count). The molecule has 2 aliphatic rings. The Morgan fingerprint density at radius 3 is 1.41 bits per heavy atom. The Morgan fingerprint density at radius 1 is 0.636 bits per heavy atom. The molecule has 0 heterocycles. The van der Waals surface area contributed by atoms with Crippen molar-refractivity contribution in [1.82, 2.24) is 10.0 Å². The summed E-state index contributed by atoms with van der Waals surface area (Å²) in [7, 11) is 0. The molecule has 0 amide bonds. The van der Waals surface area contributed by atoms with E-state index in [1.54, 1.807) is 0 Å². The molecule has 2 nitrogen and oxygen atoms in total. The largest absolute Gasteiger partial charge is 0.241 e. The van der Waals surface area contributed by atoms with Gasteiger partial charge in [0.15, 0.2) is 0 Å². The van der Waals surface area contributed by atoms with Crippen LogP contribution in [0.15, 0.2) is 0 Å². The lowest BCUT2D eigenvalue weighted by atomic mass is 9.90. The molecule has 0 bridgehead atoms. The predicted octanol–water partition coefficient (Wildman–Crippen LogP) is 5.77. The number of unbranched alkanes of at least 4 members (excludes halogenated alkanes) is 2. The summed E-state index contributed by atoms with van der Waals surface area (Å²) < 4.78 is 0. The van der Waals surface area contributed by atoms with E-state index in [-0.39, 0.29) is 0 Å². The van der Waals surface area contributed by atoms with E-state index in [2.05, 4.69) is 23.9 Å². The van der Waals surface area contributed by atoms with Gasteiger partial charge in [0.05, 0.1) is 0 Å². The molecule has 0 spiro atoms. The molecule has 2 saturated carbocycles. The first-order chi connectivity index (χ1) is 10.9. The van der Waals surface area contributed by atoms with E-state index in [9.17, 15) is 0 Å². The SMILES string of the molecule is CCCCN(CCCC)N(C1CCCCC1)C1CCCCC1. The predicted molar refractivity (Wildman–Crippen MR) is 97.0 cm³/mol. The van der Waals surface area contributed by atoms with Gasteiger partial charge in [-0.25, -0.2) is 10.0 Å². The fourth-order valence-electron chi connectivity index (χ4n) is 4.48. The Bertz CT molecular complexity index is 241. The summed E-state index contributed by atoms with van der Waals surface area (Å²) in [6.45, 7) is 7.26. The van der Waals surface area contributed by atoms with Crippen LogP contribution in [0.3, 0.4) is 0 Å². The van der Waals surface area contributed by atoms with E-state index >= 15 is 0 Å². The Balaban J connectivity index is 2.06. The monoisotopic (exact) mass is 308 g/mol. The fraction of sp³-hybridized carbons (Fsp3) is 1.00. The number of hydrogen-bond donors (Lipinski definition) is 0. The smallest absolute Gasteiger partial charge is 0.0249 e. The Kier molecular flexibility index (Phi) is 8.84. The van der Waals surface area contributed by atoms with Crippen LogP contribution in [0, 0.1) is 0 Å². The molecule has 2 aliphatic carbocycles. The highest BCUT2D eigenvalue weighted by Gasteiger charge is 2.32. The minimum absolute atomic E-state index is 0.852. The molecule has 0 atom stereocenters. The maximum Gasteiger partial charge on any atom is 0.0249 e. The molecule has 0 aromatic rings. The average molecular weight is 309 g/mol. The summed E-state index contributed by atoms with van der Waals surface area (Å²) in [5.41, 5.74) is 0. The molecule has 0 aromatic carbocycles. The normalized spacial score (nSPS) is 21.8. The zero-order chi connectivity index (χ0) is 15.6. The zero-order valence-electron chi connectivity index (χ0n) is 15.4. The van der Waals surface area contributed by atoms with Gasteiger partial charge in [-0.15, -0.1) is 0 Å². The minimum Gasteiger partial charge on any atom is -0.241 e. The molecular formula is C20H40N2. The summed E-state index contributed by atoms with van der Waals surface area (Å²) in [6, 6.07) is 1.70. The van der Waals surface area contributed by atoms with Gasteiger partial charge in [-0.1, -0.05) is 65.2 Å². The average Bonchev–Trinajstić information content (AvgIpc) is 2.59. The molecule has 0 aromatic heterocycles. The highest BCUT2D eigenvalue weighted by Crippen LogP contribution is 2.31. The first-order valence-corrected chi connectivity index (χ1v) is 10.4. The molecule has 2 fully saturated rings. The molecular weight excluding hydrogens is 268 g/mol. The Morgan fingerprint density at radius 2 is 1.05 bits per heavy atom. The van der Waals surface area contributed by atoms with Gasteiger partial charge in [-0.05, 0) is 38.5 Å². The first kappa shape index (κ1) is 18.3. The number of hydrogen-bond acceptors (Lipinski definition) is 2. The van der Waals surface area contributed by atoms with Crippen LogP contribution in [0.2, 0.25) is 0 Å². The van der Waals surface area contributed by atoms with Crippen molar-refractivity contribution in [3.63, 3.8) is 0 Å². The van der Waals surface area contributed by atoms with Crippen LogP contribution in [0.1, 0.15) is 104 Å². The van der Waals surface area contributed by atoms with E-state index in [4.69, 9.17) is 0 Å². The lowest BCUT2D eigenvalue weighted by Crippen LogP contribution is -2.55. The fourth-order valence-corrected chi connectivity index (χ4v) is 4.48.